The van der Waals surface area contributed by atoms with E-state index in [4.69, 9.17) is 4.74 Å². The van der Waals surface area contributed by atoms with Crippen LogP contribution in [0.25, 0.3) is 0 Å². The van der Waals surface area contributed by atoms with Crippen molar-refractivity contribution in [2.75, 3.05) is 13.2 Å². The number of nitrogens with one attached hydrogen (secondary N) is 2. The van der Waals surface area contributed by atoms with Crippen LogP contribution in [0.15, 0.2) is 17.5 Å². The smallest absolute Gasteiger partial charge is 0.234 e. The molecular weight excluding hydrogens is 248 g/mol. The number of amides is 1. The van der Waals surface area contributed by atoms with Crippen molar-refractivity contribution in [1.82, 2.24) is 10.6 Å². The maximum atomic E-state index is 11.6. The minimum absolute atomic E-state index is 0.0354. The Hall–Kier alpha value is -0.910. The molecule has 0 radical (unpaired) electrons. The van der Waals surface area contributed by atoms with Crippen molar-refractivity contribution < 1.29 is 9.53 Å². The van der Waals surface area contributed by atoms with Gasteiger partial charge in [-0.15, -0.1) is 11.3 Å². The second kappa shape index (κ2) is 6.87. The quantitative estimate of drug-likeness (QED) is 0.822. The lowest BCUT2D eigenvalue weighted by molar-refractivity contribution is -0.120. The fourth-order valence-electron chi connectivity index (χ4n) is 2.04. The number of hydrogen-bond donors (Lipinski definition) is 2. The number of thiophene rings is 1. The Labute approximate surface area is 112 Å². The summed E-state index contributed by atoms with van der Waals surface area (Å²) in [5.41, 5.74) is 0. The van der Waals surface area contributed by atoms with Crippen molar-refractivity contribution in [3.63, 3.8) is 0 Å². The molecule has 2 heterocycles. The largest absolute Gasteiger partial charge is 0.377 e. The molecule has 18 heavy (non-hydrogen) atoms. The van der Waals surface area contributed by atoms with Gasteiger partial charge in [0.1, 0.15) is 0 Å². The molecule has 5 heteroatoms. The summed E-state index contributed by atoms with van der Waals surface area (Å²) < 4.78 is 5.57. The lowest BCUT2D eigenvalue weighted by atomic mass is 10.1. The molecule has 1 saturated heterocycles. The maximum Gasteiger partial charge on any atom is 0.234 e. The van der Waals surface area contributed by atoms with Crippen LogP contribution in [0, 0.1) is 0 Å². The summed E-state index contributed by atoms with van der Waals surface area (Å²) in [5.74, 6) is 0.0354. The normalized spacial score (nSPS) is 20.8. The lowest BCUT2D eigenvalue weighted by Crippen LogP contribution is -2.42. The summed E-state index contributed by atoms with van der Waals surface area (Å²) in [5, 5.41) is 8.13. The first-order chi connectivity index (χ1) is 8.75. The van der Waals surface area contributed by atoms with Gasteiger partial charge in [0.15, 0.2) is 0 Å². The van der Waals surface area contributed by atoms with Crippen molar-refractivity contribution in [2.45, 2.75) is 38.5 Å². The summed E-state index contributed by atoms with van der Waals surface area (Å²) >= 11 is 1.65. The molecule has 0 aliphatic carbocycles. The zero-order chi connectivity index (χ0) is 12.8. The third-order valence-electron chi connectivity index (χ3n) is 3.15. The molecule has 2 atom stereocenters. The first kappa shape index (κ1) is 13.5. The zero-order valence-corrected chi connectivity index (χ0v) is 11.5. The molecule has 2 N–H and O–H groups in total. The van der Waals surface area contributed by atoms with Crippen molar-refractivity contribution in [1.29, 1.82) is 0 Å². The topological polar surface area (TPSA) is 50.4 Å². The Balaban J connectivity index is 1.62. The zero-order valence-electron chi connectivity index (χ0n) is 10.6. The highest BCUT2D eigenvalue weighted by molar-refractivity contribution is 7.09. The minimum Gasteiger partial charge on any atom is -0.377 e. The monoisotopic (exact) mass is 268 g/mol. The SMILES string of the molecule is C[C@H](NCC(=O)NCc1cccs1)[C@H]1CCCO1. The molecular formula is C13H20N2O2S. The van der Waals surface area contributed by atoms with Crippen LogP contribution in [0.4, 0.5) is 0 Å². The predicted molar refractivity (Wildman–Crippen MR) is 72.6 cm³/mol. The Morgan fingerprint density at radius 2 is 2.56 bits per heavy atom. The van der Waals surface area contributed by atoms with Gasteiger partial charge in [-0.05, 0) is 31.2 Å². The summed E-state index contributed by atoms with van der Waals surface area (Å²) in [6, 6.07) is 4.25. The van der Waals surface area contributed by atoms with Gasteiger partial charge in [-0.1, -0.05) is 6.07 Å². The molecule has 0 bridgehead atoms. The van der Waals surface area contributed by atoms with Crippen LogP contribution in [-0.4, -0.2) is 31.2 Å². The van der Waals surface area contributed by atoms with Crippen LogP contribution in [0.2, 0.25) is 0 Å². The summed E-state index contributed by atoms with van der Waals surface area (Å²) in [6.45, 7) is 3.89. The number of hydrogen-bond acceptors (Lipinski definition) is 4. The first-order valence-electron chi connectivity index (χ1n) is 6.40. The van der Waals surface area contributed by atoms with E-state index in [9.17, 15) is 4.79 Å². The van der Waals surface area contributed by atoms with Gasteiger partial charge >= 0.3 is 0 Å². The summed E-state index contributed by atoms with van der Waals surface area (Å²) in [7, 11) is 0. The first-order valence-corrected chi connectivity index (χ1v) is 7.28. The van der Waals surface area contributed by atoms with E-state index < -0.39 is 0 Å². The molecule has 1 aromatic rings. The fraction of sp³-hybridized carbons (Fsp3) is 0.615. The van der Waals surface area contributed by atoms with E-state index in [0.717, 1.165) is 19.4 Å². The van der Waals surface area contributed by atoms with Crippen LogP contribution >= 0.6 is 11.3 Å². The van der Waals surface area contributed by atoms with Crippen molar-refractivity contribution >= 4 is 17.2 Å². The van der Waals surface area contributed by atoms with E-state index in [2.05, 4.69) is 17.6 Å². The molecule has 1 aliphatic heterocycles. The molecule has 100 valence electrons. The van der Waals surface area contributed by atoms with Crippen LogP contribution < -0.4 is 10.6 Å². The highest BCUT2D eigenvalue weighted by Gasteiger charge is 2.22. The van der Waals surface area contributed by atoms with Gasteiger partial charge in [0.25, 0.3) is 0 Å². The Bertz CT molecular complexity index is 361. The minimum atomic E-state index is 0.0354. The second-order valence-electron chi connectivity index (χ2n) is 4.58. The molecule has 2 rings (SSSR count). The average Bonchev–Trinajstić information content (AvgIpc) is 3.05. The molecule has 0 aromatic carbocycles. The Kier molecular flexibility index (Phi) is 5.16. The van der Waals surface area contributed by atoms with Gasteiger partial charge in [-0.2, -0.15) is 0 Å². The average molecular weight is 268 g/mol. The van der Waals surface area contributed by atoms with Crippen molar-refractivity contribution in [3.8, 4) is 0 Å². The van der Waals surface area contributed by atoms with E-state index >= 15 is 0 Å². The highest BCUT2D eigenvalue weighted by atomic mass is 32.1. The fourth-order valence-corrected chi connectivity index (χ4v) is 2.69. The number of carbonyl (C=O) groups is 1. The van der Waals surface area contributed by atoms with E-state index in [1.807, 2.05) is 17.5 Å². The van der Waals surface area contributed by atoms with Gasteiger partial charge < -0.3 is 15.4 Å². The standard InChI is InChI=1S/C13H20N2O2S/c1-10(12-5-2-6-17-12)14-9-13(16)15-8-11-4-3-7-18-11/h3-4,7,10,12,14H,2,5-6,8-9H2,1H3,(H,15,16)/t10-,12+/m0/s1. The molecule has 1 aliphatic rings. The van der Waals surface area contributed by atoms with Crippen LogP contribution in [0.1, 0.15) is 24.6 Å². The third kappa shape index (κ3) is 4.08. The summed E-state index contributed by atoms with van der Waals surface area (Å²) in [4.78, 5) is 12.8. The Morgan fingerprint density at radius 3 is 3.22 bits per heavy atom. The maximum absolute atomic E-state index is 11.6. The molecule has 0 unspecified atom stereocenters. The molecule has 0 spiro atoms. The summed E-state index contributed by atoms with van der Waals surface area (Å²) in [6.07, 6.45) is 2.47. The number of carbonyl (C=O) groups excluding carboxylic acids is 1. The van der Waals surface area contributed by atoms with Crippen molar-refractivity contribution in [2.24, 2.45) is 0 Å². The van der Waals surface area contributed by atoms with Crippen LogP contribution in [-0.2, 0) is 16.1 Å². The third-order valence-corrected chi connectivity index (χ3v) is 4.02. The van der Waals surface area contributed by atoms with Crippen molar-refractivity contribution in [3.05, 3.63) is 22.4 Å². The Morgan fingerprint density at radius 1 is 1.67 bits per heavy atom. The molecule has 1 amide bonds. The van der Waals surface area contributed by atoms with Gasteiger partial charge in [0.05, 0.1) is 19.2 Å². The number of rotatable bonds is 6. The second-order valence-corrected chi connectivity index (χ2v) is 5.61. The highest BCUT2D eigenvalue weighted by Crippen LogP contribution is 2.15. The van der Waals surface area contributed by atoms with Crippen LogP contribution in [0.3, 0.4) is 0 Å². The molecule has 1 fully saturated rings. The van der Waals surface area contributed by atoms with E-state index in [0.29, 0.717) is 13.1 Å². The number of ether oxygens (including phenoxy) is 1. The molecule has 0 saturated carbocycles. The van der Waals surface area contributed by atoms with E-state index in [1.54, 1.807) is 11.3 Å². The molecule has 4 nitrogen and oxygen atoms in total. The van der Waals surface area contributed by atoms with E-state index in [-0.39, 0.29) is 18.1 Å². The lowest BCUT2D eigenvalue weighted by Gasteiger charge is -2.19. The molecule has 1 aromatic heterocycles. The van der Waals surface area contributed by atoms with Gasteiger partial charge in [0.2, 0.25) is 5.91 Å². The predicted octanol–water partition coefficient (Wildman–Crippen LogP) is 1.52. The van der Waals surface area contributed by atoms with Gasteiger partial charge in [-0.3, -0.25) is 4.79 Å². The van der Waals surface area contributed by atoms with Crippen LogP contribution in [0.5, 0.6) is 0 Å². The van der Waals surface area contributed by atoms with Gasteiger partial charge in [0, 0.05) is 17.5 Å². The van der Waals surface area contributed by atoms with Gasteiger partial charge in [-0.25, -0.2) is 0 Å². The van der Waals surface area contributed by atoms with E-state index in [1.165, 1.54) is 4.88 Å².